The Morgan fingerprint density at radius 2 is 1.82 bits per heavy atom. The van der Waals surface area contributed by atoms with Crippen molar-refractivity contribution in [3.05, 3.63) is 28.7 Å². The van der Waals surface area contributed by atoms with Gasteiger partial charge in [-0.15, -0.1) is 12.4 Å². The molecule has 6 nitrogen and oxygen atoms in total. The molecule has 0 unspecified atom stereocenters. The maximum absolute atomic E-state index is 12.0. The van der Waals surface area contributed by atoms with Gasteiger partial charge in [-0.2, -0.15) is 0 Å². The number of nitrogens with two attached hydrogens (primary N) is 1. The van der Waals surface area contributed by atoms with E-state index in [0.29, 0.717) is 31.7 Å². The van der Waals surface area contributed by atoms with Crippen LogP contribution in [0, 0.1) is 0 Å². The van der Waals surface area contributed by atoms with Gasteiger partial charge in [-0.05, 0) is 37.1 Å². The van der Waals surface area contributed by atoms with Crippen molar-refractivity contribution in [1.82, 2.24) is 5.32 Å². The van der Waals surface area contributed by atoms with Gasteiger partial charge in [-0.25, -0.2) is 0 Å². The molecule has 122 valence electrons. The van der Waals surface area contributed by atoms with E-state index in [2.05, 4.69) is 26.6 Å². The molecule has 8 heteroatoms. The molecule has 0 saturated carbocycles. The number of carbonyl (C=O) groups is 2. The van der Waals surface area contributed by atoms with E-state index in [9.17, 15) is 9.59 Å². The van der Waals surface area contributed by atoms with Gasteiger partial charge in [0.2, 0.25) is 11.8 Å². The summed E-state index contributed by atoms with van der Waals surface area (Å²) in [7, 11) is 0. The molecule has 4 N–H and O–H groups in total. The summed E-state index contributed by atoms with van der Waals surface area (Å²) in [6, 6.07) is 7.19. The Kier molecular flexibility index (Phi) is 7.28. The summed E-state index contributed by atoms with van der Waals surface area (Å²) in [6.07, 6.45) is 0.931. The predicted molar refractivity (Wildman–Crippen MR) is 90.0 cm³/mol. The Bertz CT molecular complexity index is 519. The van der Waals surface area contributed by atoms with Crippen LogP contribution in [0.1, 0.15) is 12.8 Å². The zero-order valence-electron chi connectivity index (χ0n) is 11.9. The summed E-state index contributed by atoms with van der Waals surface area (Å²) in [5, 5.41) is 5.28. The van der Waals surface area contributed by atoms with E-state index in [4.69, 9.17) is 10.5 Å². The molecule has 0 spiro atoms. The molecule has 1 fully saturated rings. The van der Waals surface area contributed by atoms with Crippen molar-refractivity contribution in [2.45, 2.75) is 18.4 Å². The average Bonchev–Trinajstić information content (AvgIpc) is 2.48. The lowest BCUT2D eigenvalue weighted by molar-refractivity contribution is -0.131. The third kappa shape index (κ3) is 5.24. The molecule has 0 atom stereocenters. The number of rotatable bonds is 4. The standard InChI is InChI=1S/C14H18BrN3O3.ClH/c15-10-1-3-11(4-2-10)18-12(19)9-17-13(20)14(16)5-7-21-8-6-14;/h1-4H,5-9,16H2,(H,17,20)(H,18,19);1H. The third-order valence-corrected chi connectivity index (χ3v) is 3.90. The van der Waals surface area contributed by atoms with Crippen LogP contribution in [0.4, 0.5) is 5.69 Å². The van der Waals surface area contributed by atoms with Crippen LogP contribution in [0.15, 0.2) is 28.7 Å². The van der Waals surface area contributed by atoms with Gasteiger partial charge < -0.3 is 21.1 Å². The number of anilines is 1. The van der Waals surface area contributed by atoms with Gasteiger partial charge in [-0.3, -0.25) is 9.59 Å². The van der Waals surface area contributed by atoms with Gasteiger partial charge in [0, 0.05) is 23.4 Å². The summed E-state index contributed by atoms with van der Waals surface area (Å²) in [5.41, 5.74) is 5.77. The first-order chi connectivity index (χ1) is 9.99. The van der Waals surface area contributed by atoms with Crippen molar-refractivity contribution in [1.29, 1.82) is 0 Å². The van der Waals surface area contributed by atoms with E-state index in [0.717, 1.165) is 4.47 Å². The average molecular weight is 393 g/mol. The van der Waals surface area contributed by atoms with Gasteiger partial charge in [0.1, 0.15) is 0 Å². The van der Waals surface area contributed by atoms with Crippen molar-refractivity contribution in [3.63, 3.8) is 0 Å². The fourth-order valence-electron chi connectivity index (χ4n) is 2.04. The zero-order valence-corrected chi connectivity index (χ0v) is 14.3. The quantitative estimate of drug-likeness (QED) is 0.723. The molecule has 2 amide bonds. The van der Waals surface area contributed by atoms with E-state index in [1.807, 2.05) is 12.1 Å². The minimum Gasteiger partial charge on any atom is -0.381 e. The minimum atomic E-state index is -0.934. The van der Waals surface area contributed by atoms with E-state index in [-0.39, 0.29) is 30.8 Å². The second kappa shape index (κ2) is 8.47. The number of benzene rings is 1. The van der Waals surface area contributed by atoms with Crippen LogP contribution in [0.25, 0.3) is 0 Å². The normalized spacial score (nSPS) is 16.3. The van der Waals surface area contributed by atoms with Crippen LogP contribution in [0.3, 0.4) is 0 Å². The van der Waals surface area contributed by atoms with Crippen molar-refractivity contribution >= 4 is 45.8 Å². The van der Waals surface area contributed by atoms with Crippen LogP contribution in [0.5, 0.6) is 0 Å². The summed E-state index contributed by atoms with van der Waals surface area (Å²) in [6.45, 7) is 0.832. The van der Waals surface area contributed by atoms with E-state index >= 15 is 0 Å². The number of hydrogen-bond acceptors (Lipinski definition) is 4. The van der Waals surface area contributed by atoms with Crippen LogP contribution < -0.4 is 16.4 Å². The largest absolute Gasteiger partial charge is 0.381 e. The Balaban J connectivity index is 0.00000242. The summed E-state index contributed by atoms with van der Waals surface area (Å²) in [4.78, 5) is 23.8. The first kappa shape index (κ1) is 18.9. The minimum absolute atomic E-state index is 0. The Hall–Kier alpha value is -1.15. The van der Waals surface area contributed by atoms with Gasteiger partial charge in [0.25, 0.3) is 0 Å². The maximum atomic E-state index is 12.0. The molecule has 0 aromatic heterocycles. The monoisotopic (exact) mass is 391 g/mol. The number of nitrogens with one attached hydrogen (secondary N) is 2. The zero-order chi connectivity index (χ0) is 15.3. The fraction of sp³-hybridized carbons (Fsp3) is 0.429. The molecule has 1 aromatic rings. The van der Waals surface area contributed by atoms with Crippen LogP contribution in [-0.2, 0) is 14.3 Å². The summed E-state index contributed by atoms with van der Waals surface area (Å²) >= 11 is 3.32. The Morgan fingerprint density at radius 1 is 1.23 bits per heavy atom. The lowest BCUT2D eigenvalue weighted by Gasteiger charge is -2.31. The topological polar surface area (TPSA) is 93.5 Å². The number of hydrogen-bond donors (Lipinski definition) is 3. The van der Waals surface area contributed by atoms with Crippen molar-refractivity contribution < 1.29 is 14.3 Å². The lowest BCUT2D eigenvalue weighted by Crippen LogP contribution is -2.57. The molecule has 22 heavy (non-hydrogen) atoms. The highest BCUT2D eigenvalue weighted by Crippen LogP contribution is 2.17. The molecule has 0 aliphatic carbocycles. The third-order valence-electron chi connectivity index (χ3n) is 3.37. The van der Waals surface area contributed by atoms with Gasteiger partial charge in [0.15, 0.2) is 0 Å². The van der Waals surface area contributed by atoms with Crippen LogP contribution >= 0.6 is 28.3 Å². The Labute approximate surface area is 143 Å². The van der Waals surface area contributed by atoms with E-state index < -0.39 is 5.54 Å². The van der Waals surface area contributed by atoms with Gasteiger partial charge in [0.05, 0.1) is 12.1 Å². The van der Waals surface area contributed by atoms with E-state index in [1.54, 1.807) is 12.1 Å². The van der Waals surface area contributed by atoms with E-state index in [1.165, 1.54) is 0 Å². The molecule has 1 aliphatic rings. The van der Waals surface area contributed by atoms with Crippen LogP contribution in [0.2, 0.25) is 0 Å². The molecule has 1 aliphatic heterocycles. The second-order valence-corrected chi connectivity index (χ2v) is 5.92. The predicted octanol–water partition coefficient (Wildman–Crippen LogP) is 1.43. The molecule has 0 radical (unpaired) electrons. The molecular formula is C14H19BrClN3O3. The molecular weight excluding hydrogens is 374 g/mol. The second-order valence-electron chi connectivity index (χ2n) is 5.01. The fourth-order valence-corrected chi connectivity index (χ4v) is 2.30. The smallest absolute Gasteiger partial charge is 0.243 e. The number of halogens is 2. The van der Waals surface area contributed by atoms with Crippen molar-refractivity contribution in [2.75, 3.05) is 25.1 Å². The highest BCUT2D eigenvalue weighted by atomic mass is 79.9. The molecule has 1 aromatic carbocycles. The Morgan fingerprint density at radius 3 is 2.41 bits per heavy atom. The first-order valence-corrected chi connectivity index (χ1v) is 7.49. The molecule has 0 bridgehead atoms. The number of ether oxygens (including phenoxy) is 1. The summed E-state index contributed by atoms with van der Waals surface area (Å²) in [5.74, 6) is -0.599. The molecule has 1 saturated heterocycles. The first-order valence-electron chi connectivity index (χ1n) is 6.70. The maximum Gasteiger partial charge on any atom is 0.243 e. The van der Waals surface area contributed by atoms with Gasteiger partial charge in [-0.1, -0.05) is 15.9 Å². The molecule has 1 heterocycles. The number of amides is 2. The highest BCUT2D eigenvalue weighted by molar-refractivity contribution is 9.10. The summed E-state index contributed by atoms with van der Waals surface area (Å²) < 4.78 is 6.12. The van der Waals surface area contributed by atoms with Crippen molar-refractivity contribution in [2.24, 2.45) is 5.73 Å². The van der Waals surface area contributed by atoms with Crippen LogP contribution in [-0.4, -0.2) is 37.1 Å². The van der Waals surface area contributed by atoms with Gasteiger partial charge >= 0.3 is 0 Å². The highest BCUT2D eigenvalue weighted by Gasteiger charge is 2.35. The SMILES string of the molecule is Cl.NC1(C(=O)NCC(=O)Nc2ccc(Br)cc2)CCOCC1. The number of carbonyl (C=O) groups excluding carboxylic acids is 2. The lowest BCUT2D eigenvalue weighted by atomic mass is 9.90. The molecule has 2 rings (SSSR count). The van der Waals surface area contributed by atoms with Crippen molar-refractivity contribution in [3.8, 4) is 0 Å².